The van der Waals surface area contributed by atoms with Gasteiger partial charge in [-0.2, -0.15) is 0 Å². The van der Waals surface area contributed by atoms with Crippen molar-refractivity contribution in [2.75, 3.05) is 14.2 Å². The molecule has 0 fully saturated rings. The van der Waals surface area contributed by atoms with Crippen LogP contribution >= 0.6 is 0 Å². The molecule has 0 saturated carbocycles. The van der Waals surface area contributed by atoms with Crippen LogP contribution in [0.25, 0.3) is 0 Å². The molecule has 1 aromatic carbocycles. The van der Waals surface area contributed by atoms with Crippen LogP contribution in [0.2, 0.25) is 0 Å². The summed E-state index contributed by atoms with van der Waals surface area (Å²) in [5.74, 6) is -0.167. The number of nitrogens with two attached hydrogens (primary N) is 1. The largest absolute Gasteiger partial charge is 0.493 e. The smallest absolute Gasteiger partial charge is 0.241 e. The minimum Gasteiger partial charge on any atom is -0.493 e. The number of hydrogen-bond acceptors (Lipinski definition) is 5. The van der Waals surface area contributed by atoms with Gasteiger partial charge in [0.2, 0.25) is 10.0 Å². The van der Waals surface area contributed by atoms with Crippen LogP contribution in [-0.2, 0) is 10.0 Å². The van der Waals surface area contributed by atoms with E-state index in [1.165, 1.54) is 33.3 Å². The molecule has 7 heteroatoms. The van der Waals surface area contributed by atoms with Crippen molar-refractivity contribution in [3.05, 3.63) is 17.7 Å². The molecule has 0 radical (unpaired) electrons. The first kappa shape index (κ1) is 13.5. The van der Waals surface area contributed by atoms with Gasteiger partial charge in [0.1, 0.15) is 4.90 Å². The minimum absolute atomic E-state index is 0.0139. The quantitative estimate of drug-likeness (QED) is 0.797. The first-order chi connectivity index (χ1) is 7.81. The number of carbonyl (C=O) groups is 1. The molecule has 0 aromatic heterocycles. The van der Waals surface area contributed by atoms with Crippen LogP contribution in [0.15, 0.2) is 17.0 Å². The molecule has 1 aromatic rings. The summed E-state index contributed by atoms with van der Waals surface area (Å²) >= 11 is 0. The Balaban J connectivity index is 3.66. The Morgan fingerprint density at radius 2 is 1.82 bits per heavy atom. The fourth-order valence-corrected chi connectivity index (χ4v) is 2.08. The third-order valence-corrected chi connectivity index (χ3v) is 3.07. The Morgan fingerprint density at radius 3 is 2.18 bits per heavy atom. The van der Waals surface area contributed by atoms with E-state index >= 15 is 0 Å². The Labute approximate surface area is 99.4 Å². The molecule has 0 heterocycles. The minimum atomic E-state index is -3.99. The van der Waals surface area contributed by atoms with Gasteiger partial charge < -0.3 is 9.47 Å². The van der Waals surface area contributed by atoms with E-state index in [1.807, 2.05) is 0 Å². The normalized spacial score (nSPS) is 11.1. The molecule has 0 saturated heterocycles. The first-order valence-electron chi connectivity index (χ1n) is 4.61. The summed E-state index contributed by atoms with van der Waals surface area (Å²) in [6, 6.07) is 2.56. The number of sulfonamides is 1. The van der Waals surface area contributed by atoms with Crippen molar-refractivity contribution in [1.29, 1.82) is 0 Å². The predicted molar refractivity (Wildman–Crippen MR) is 60.9 cm³/mol. The lowest BCUT2D eigenvalue weighted by molar-refractivity contribution is 0.101. The Morgan fingerprint density at radius 1 is 1.24 bits per heavy atom. The van der Waals surface area contributed by atoms with Gasteiger partial charge >= 0.3 is 0 Å². The lowest BCUT2D eigenvalue weighted by Gasteiger charge is -2.12. The molecule has 0 aliphatic heterocycles. The zero-order valence-corrected chi connectivity index (χ0v) is 10.5. The highest BCUT2D eigenvalue weighted by atomic mass is 32.2. The topological polar surface area (TPSA) is 95.7 Å². The summed E-state index contributed by atoms with van der Waals surface area (Å²) in [6.45, 7) is 1.31. The molecule has 0 aliphatic rings. The number of carbonyl (C=O) groups excluding carboxylic acids is 1. The maximum Gasteiger partial charge on any atom is 0.241 e. The summed E-state index contributed by atoms with van der Waals surface area (Å²) < 4.78 is 32.7. The van der Waals surface area contributed by atoms with Gasteiger partial charge in [0.15, 0.2) is 17.3 Å². The number of methoxy groups -OCH3 is 2. The van der Waals surface area contributed by atoms with Gasteiger partial charge in [-0.25, -0.2) is 13.6 Å². The van der Waals surface area contributed by atoms with Crippen LogP contribution in [0.1, 0.15) is 17.3 Å². The van der Waals surface area contributed by atoms with E-state index in [9.17, 15) is 13.2 Å². The van der Waals surface area contributed by atoms with Crippen LogP contribution < -0.4 is 14.6 Å². The van der Waals surface area contributed by atoms with Gasteiger partial charge in [-0.3, -0.25) is 4.79 Å². The number of hydrogen-bond donors (Lipinski definition) is 1. The van der Waals surface area contributed by atoms with Gasteiger partial charge in [0, 0.05) is 5.56 Å². The number of Topliss-reactive ketones (excluding diaryl/α,β-unsaturated/α-hetero) is 1. The zero-order chi connectivity index (χ0) is 13.2. The summed E-state index contributed by atoms with van der Waals surface area (Å²) in [7, 11) is -1.36. The highest BCUT2D eigenvalue weighted by Gasteiger charge is 2.21. The van der Waals surface area contributed by atoms with E-state index < -0.39 is 10.0 Å². The van der Waals surface area contributed by atoms with Crippen molar-refractivity contribution in [2.24, 2.45) is 5.14 Å². The van der Waals surface area contributed by atoms with Crippen LogP contribution in [0.3, 0.4) is 0 Å². The van der Waals surface area contributed by atoms with Gasteiger partial charge in [0.05, 0.1) is 14.2 Å². The fraction of sp³-hybridized carbons (Fsp3) is 0.300. The van der Waals surface area contributed by atoms with Crippen molar-refractivity contribution in [2.45, 2.75) is 11.8 Å². The van der Waals surface area contributed by atoms with E-state index in [0.29, 0.717) is 0 Å². The molecule has 0 amide bonds. The van der Waals surface area contributed by atoms with Crippen molar-refractivity contribution in [3.8, 4) is 11.5 Å². The molecular weight excluding hydrogens is 246 g/mol. The van der Waals surface area contributed by atoms with Gasteiger partial charge in [-0.05, 0) is 19.1 Å². The fourth-order valence-electron chi connectivity index (χ4n) is 1.34. The van der Waals surface area contributed by atoms with Crippen molar-refractivity contribution in [1.82, 2.24) is 0 Å². The monoisotopic (exact) mass is 259 g/mol. The van der Waals surface area contributed by atoms with Gasteiger partial charge in [0.25, 0.3) is 0 Å². The SMILES string of the molecule is COc1cc(C(C)=O)cc(S(N)(=O)=O)c1OC. The molecule has 2 N–H and O–H groups in total. The molecule has 0 aliphatic carbocycles. The van der Waals surface area contributed by atoms with Crippen LogP contribution in [0.4, 0.5) is 0 Å². The zero-order valence-electron chi connectivity index (χ0n) is 9.68. The van der Waals surface area contributed by atoms with Crippen LogP contribution in [0, 0.1) is 0 Å². The lowest BCUT2D eigenvalue weighted by atomic mass is 10.1. The summed E-state index contributed by atoms with van der Waals surface area (Å²) in [5.41, 5.74) is 0.187. The second kappa shape index (κ2) is 4.72. The van der Waals surface area contributed by atoms with E-state index in [0.717, 1.165) is 0 Å². The number of primary sulfonamides is 1. The van der Waals surface area contributed by atoms with Crippen molar-refractivity contribution >= 4 is 15.8 Å². The number of rotatable bonds is 4. The molecule has 0 bridgehead atoms. The third-order valence-electron chi connectivity index (χ3n) is 2.16. The summed E-state index contributed by atoms with van der Waals surface area (Å²) in [4.78, 5) is 11.0. The summed E-state index contributed by atoms with van der Waals surface area (Å²) in [6.07, 6.45) is 0. The first-order valence-corrected chi connectivity index (χ1v) is 6.15. The van der Waals surface area contributed by atoms with E-state index in [-0.39, 0.29) is 27.7 Å². The van der Waals surface area contributed by atoms with E-state index in [4.69, 9.17) is 14.6 Å². The maximum atomic E-state index is 11.4. The van der Waals surface area contributed by atoms with Crippen molar-refractivity contribution in [3.63, 3.8) is 0 Å². The van der Waals surface area contributed by atoms with Gasteiger partial charge in [-0.15, -0.1) is 0 Å². The average Bonchev–Trinajstić information content (AvgIpc) is 2.25. The Hall–Kier alpha value is -1.60. The van der Waals surface area contributed by atoms with Crippen molar-refractivity contribution < 1.29 is 22.7 Å². The molecule has 0 atom stereocenters. The standard InChI is InChI=1S/C10H13NO5S/c1-6(12)7-4-8(15-2)10(16-3)9(5-7)17(11,13)14/h4-5H,1-3H3,(H2,11,13,14). The van der Waals surface area contributed by atoms with Gasteiger partial charge in [-0.1, -0.05) is 0 Å². The maximum absolute atomic E-state index is 11.4. The molecular formula is C10H13NO5S. The van der Waals surface area contributed by atoms with E-state index in [1.54, 1.807) is 0 Å². The van der Waals surface area contributed by atoms with Crippen LogP contribution in [0.5, 0.6) is 11.5 Å². The second-order valence-corrected chi connectivity index (χ2v) is 4.84. The van der Waals surface area contributed by atoms with E-state index in [2.05, 4.69) is 0 Å². The average molecular weight is 259 g/mol. The number of ether oxygens (including phenoxy) is 2. The molecule has 0 unspecified atom stereocenters. The Bertz CT molecular complexity index is 550. The summed E-state index contributed by atoms with van der Waals surface area (Å²) in [5, 5.41) is 5.05. The van der Waals surface area contributed by atoms with Crippen LogP contribution in [-0.4, -0.2) is 28.4 Å². The lowest BCUT2D eigenvalue weighted by Crippen LogP contribution is -2.15. The third kappa shape index (κ3) is 2.75. The Kier molecular flexibility index (Phi) is 3.74. The highest BCUT2D eigenvalue weighted by Crippen LogP contribution is 2.35. The molecule has 94 valence electrons. The molecule has 6 nitrogen and oxygen atoms in total. The molecule has 0 spiro atoms. The predicted octanol–water partition coefficient (Wildman–Crippen LogP) is 0.554. The second-order valence-electron chi connectivity index (χ2n) is 3.31. The molecule has 17 heavy (non-hydrogen) atoms. The highest BCUT2D eigenvalue weighted by molar-refractivity contribution is 7.89. The molecule has 1 rings (SSSR count). The number of benzene rings is 1. The number of ketones is 1.